The SMILES string of the molecule is O=S(=O)(c1ccccc1CNc1nnc(Cc2ccc(F)cc2)s1)N1CCCCC1. The van der Waals surface area contributed by atoms with Crippen LogP contribution < -0.4 is 5.32 Å². The minimum atomic E-state index is -3.51. The predicted molar refractivity (Wildman–Crippen MR) is 115 cm³/mol. The summed E-state index contributed by atoms with van der Waals surface area (Å²) in [6.07, 6.45) is 3.45. The lowest BCUT2D eigenvalue weighted by Crippen LogP contribution is -2.36. The molecule has 2 aromatic carbocycles. The normalized spacial score (nSPS) is 15.2. The summed E-state index contributed by atoms with van der Waals surface area (Å²) in [5, 5.41) is 12.9. The van der Waals surface area contributed by atoms with Gasteiger partial charge >= 0.3 is 0 Å². The molecule has 1 aliphatic rings. The van der Waals surface area contributed by atoms with Crippen LogP contribution in [0.2, 0.25) is 0 Å². The van der Waals surface area contributed by atoms with Crippen LogP contribution in [0.1, 0.15) is 35.4 Å². The predicted octanol–water partition coefficient (Wildman–Crippen LogP) is 4.05. The lowest BCUT2D eigenvalue weighted by molar-refractivity contribution is 0.346. The van der Waals surface area contributed by atoms with E-state index in [2.05, 4.69) is 15.5 Å². The first-order valence-electron chi connectivity index (χ1n) is 9.91. The number of rotatable bonds is 7. The fraction of sp³-hybridized carbons (Fsp3) is 0.333. The largest absolute Gasteiger partial charge is 0.356 e. The van der Waals surface area contributed by atoms with Gasteiger partial charge in [-0.1, -0.05) is 48.1 Å². The van der Waals surface area contributed by atoms with Gasteiger partial charge in [0.25, 0.3) is 0 Å². The molecule has 30 heavy (non-hydrogen) atoms. The summed E-state index contributed by atoms with van der Waals surface area (Å²) in [7, 11) is -3.51. The Morgan fingerprint density at radius 1 is 1.00 bits per heavy atom. The standard InChI is InChI=1S/C21H23FN4O2S2/c22-18-10-8-16(9-11-18)14-20-24-25-21(29-20)23-15-17-6-2-3-7-19(17)30(27,28)26-12-4-1-5-13-26/h2-3,6-11H,1,4-5,12-15H2,(H,23,25). The first-order valence-corrected chi connectivity index (χ1v) is 12.2. The van der Waals surface area contributed by atoms with Gasteiger partial charge in [-0.15, -0.1) is 10.2 Å². The van der Waals surface area contributed by atoms with Gasteiger partial charge in [-0.2, -0.15) is 4.31 Å². The highest BCUT2D eigenvalue weighted by Crippen LogP contribution is 2.25. The van der Waals surface area contributed by atoms with Crippen LogP contribution in [-0.2, 0) is 23.0 Å². The summed E-state index contributed by atoms with van der Waals surface area (Å²) in [5.74, 6) is -0.267. The van der Waals surface area contributed by atoms with E-state index >= 15 is 0 Å². The molecule has 0 aliphatic carbocycles. The summed E-state index contributed by atoms with van der Waals surface area (Å²) in [6.45, 7) is 1.49. The monoisotopic (exact) mass is 446 g/mol. The maximum Gasteiger partial charge on any atom is 0.243 e. The molecule has 1 fully saturated rings. The molecule has 2 heterocycles. The Morgan fingerprint density at radius 2 is 1.73 bits per heavy atom. The minimum Gasteiger partial charge on any atom is -0.356 e. The molecular weight excluding hydrogens is 423 g/mol. The average molecular weight is 447 g/mol. The Bertz CT molecular complexity index is 1090. The summed E-state index contributed by atoms with van der Waals surface area (Å²) in [5.41, 5.74) is 1.66. The molecule has 3 aromatic rings. The molecule has 158 valence electrons. The molecule has 1 saturated heterocycles. The van der Waals surface area contributed by atoms with Crippen LogP contribution in [0.15, 0.2) is 53.4 Å². The number of sulfonamides is 1. The second-order valence-corrected chi connectivity index (χ2v) is 10.2. The molecule has 0 bridgehead atoms. The molecule has 0 saturated carbocycles. The zero-order valence-corrected chi connectivity index (χ0v) is 18.1. The molecule has 1 aliphatic heterocycles. The van der Waals surface area contributed by atoms with Crippen molar-refractivity contribution in [2.45, 2.75) is 37.1 Å². The fourth-order valence-electron chi connectivity index (χ4n) is 3.49. The average Bonchev–Trinajstić information content (AvgIpc) is 3.22. The van der Waals surface area contributed by atoms with Crippen molar-refractivity contribution in [3.63, 3.8) is 0 Å². The third kappa shape index (κ3) is 4.85. The Hall–Kier alpha value is -2.36. The van der Waals surface area contributed by atoms with E-state index in [9.17, 15) is 12.8 Å². The second kappa shape index (κ2) is 9.20. The number of hydrogen-bond acceptors (Lipinski definition) is 6. The van der Waals surface area contributed by atoms with E-state index in [0.717, 1.165) is 29.8 Å². The van der Waals surface area contributed by atoms with E-state index in [-0.39, 0.29) is 5.82 Å². The number of aromatic nitrogens is 2. The minimum absolute atomic E-state index is 0.267. The fourth-order valence-corrected chi connectivity index (χ4v) is 6.00. The van der Waals surface area contributed by atoms with Gasteiger partial charge in [0.1, 0.15) is 10.8 Å². The first-order chi connectivity index (χ1) is 14.5. The number of hydrogen-bond donors (Lipinski definition) is 1. The van der Waals surface area contributed by atoms with Crippen molar-refractivity contribution in [1.29, 1.82) is 0 Å². The number of anilines is 1. The van der Waals surface area contributed by atoms with Crippen molar-refractivity contribution in [3.8, 4) is 0 Å². The Morgan fingerprint density at radius 3 is 2.50 bits per heavy atom. The van der Waals surface area contributed by atoms with E-state index in [0.29, 0.717) is 41.6 Å². The van der Waals surface area contributed by atoms with Crippen LogP contribution in [-0.4, -0.2) is 36.0 Å². The zero-order valence-electron chi connectivity index (χ0n) is 16.4. The number of nitrogens with one attached hydrogen (secondary N) is 1. The van der Waals surface area contributed by atoms with Gasteiger partial charge in [-0.3, -0.25) is 0 Å². The number of nitrogens with zero attached hydrogens (tertiary/aromatic N) is 3. The Labute approximate surface area is 179 Å². The molecule has 0 amide bonds. The first kappa shape index (κ1) is 20.9. The quantitative estimate of drug-likeness (QED) is 0.593. The van der Waals surface area contributed by atoms with E-state index in [4.69, 9.17) is 0 Å². The van der Waals surface area contributed by atoms with Gasteiger partial charge in [0.2, 0.25) is 15.2 Å². The van der Waals surface area contributed by atoms with Gasteiger partial charge in [0.15, 0.2) is 0 Å². The van der Waals surface area contributed by atoms with Gasteiger partial charge in [0, 0.05) is 26.1 Å². The maximum atomic E-state index is 13.1. The van der Waals surface area contributed by atoms with E-state index < -0.39 is 10.0 Å². The molecular formula is C21H23FN4O2S2. The Kier molecular flexibility index (Phi) is 6.40. The van der Waals surface area contributed by atoms with Crippen LogP contribution in [0.5, 0.6) is 0 Å². The van der Waals surface area contributed by atoms with Crippen molar-refractivity contribution < 1.29 is 12.8 Å². The second-order valence-electron chi connectivity index (χ2n) is 7.23. The van der Waals surface area contributed by atoms with Crippen molar-refractivity contribution in [3.05, 3.63) is 70.5 Å². The summed E-state index contributed by atoms with van der Waals surface area (Å²) in [4.78, 5) is 0.343. The molecule has 0 radical (unpaired) electrons. The van der Waals surface area contributed by atoms with Gasteiger partial charge < -0.3 is 5.32 Å². The van der Waals surface area contributed by atoms with Crippen LogP contribution >= 0.6 is 11.3 Å². The Balaban J connectivity index is 1.44. The summed E-state index contributed by atoms with van der Waals surface area (Å²) < 4.78 is 40.8. The molecule has 0 spiro atoms. The number of piperidine rings is 1. The molecule has 0 atom stereocenters. The maximum absolute atomic E-state index is 13.1. The zero-order chi connectivity index (χ0) is 21.0. The molecule has 4 rings (SSSR count). The van der Waals surface area contributed by atoms with Crippen molar-refractivity contribution in [1.82, 2.24) is 14.5 Å². The van der Waals surface area contributed by atoms with Crippen molar-refractivity contribution in [2.24, 2.45) is 0 Å². The molecule has 1 N–H and O–H groups in total. The lowest BCUT2D eigenvalue weighted by Gasteiger charge is -2.26. The summed E-state index contributed by atoms with van der Waals surface area (Å²) >= 11 is 1.41. The van der Waals surface area contributed by atoms with Crippen LogP contribution in [0.25, 0.3) is 0 Å². The highest BCUT2D eigenvalue weighted by Gasteiger charge is 2.27. The third-order valence-electron chi connectivity index (χ3n) is 5.07. The van der Waals surface area contributed by atoms with Gasteiger partial charge in [-0.25, -0.2) is 12.8 Å². The van der Waals surface area contributed by atoms with Crippen molar-refractivity contribution in [2.75, 3.05) is 18.4 Å². The smallest absolute Gasteiger partial charge is 0.243 e. The molecule has 1 aromatic heterocycles. The van der Waals surface area contributed by atoms with Crippen LogP contribution in [0, 0.1) is 5.82 Å². The summed E-state index contributed by atoms with van der Waals surface area (Å²) in [6, 6.07) is 13.4. The van der Waals surface area contributed by atoms with Crippen LogP contribution in [0.4, 0.5) is 9.52 Å². The van der Waals surface area contributed by atoms with Gasteiger partial charge in [-0.05, 0) is 42.2 Å². The molecule has 9 heteroatoms. The van der Waals surface area contributed by atoms with E-state index in [1.807, 2.05) is 12.1 Å². The van der Waals surface area contributed by atoms with Gasteiger partial charge in [0.05, 0.1) is 4.90 Å². The highest BCUT2D eigenvalue weighted by molar-refractivity contribution is 7.89. The number of benzene rings is 2. The molecule has 6 nitrogen and oxygen atoms in total. The topological polar surface area (TPSA) is 75.2 Å². The highest BCUT2D eigenvalue weighted by atomic mass is 32.2. The third-order valence-corrected chi connectivity index (χ3v) is 7.95. The van der Waals surface area contributed by atoms with Crippen LogP contribution in [0.3, 0.4) is 0 Å². The lowest BCUT2D eigenvalue weighted by atomic mass is 10.2. The van der Waals surface area contributed by atoms with E-state index in [1.165, 1.54) is 23.5 Å². The molecule has 0 unspecified atom stereocenters. The number of halogens is 1. The van der Waals surface area contributed by atoms with E-state index in [1.54, 1.807) is 28.6 Å². The van der Waals surface area contributed by atoms with Crippen molar-refractivity contribution >= 4 is 26.5 Å².